The van der Waals surface area contributed by atoms with E-state index < -0.39 is 0 Å². The Balaban J connectivity index is 0.00000316. The zero-order valence-electron chi connectivity index (χ0n) is 23.1. The van der Waals surface area contributed by atoms with Gasteiger partial charge in [0.25, 0.3) is 0 Å². The molecule has 0 fully saturated rings. The van der Waals surface area contributed by atoms with Gasteiger partial charge in [0, 0.05) is 34.8 Å². The molecule has 4 heterocycles. The molecule has 7 nitrogen and oxygen atoms in total. The average Bonchev–Trinajstić information content (AvgIpc) is 3.44. The monoisotopic (exact) mass is 730 g/mol. The summed E-state index contributed by atoms with van der Waals surface area (Å²) in [7, 11) is 0. The van der Waals surface area contributed by atoms with Crippen molar-refractivity contribution in [2.24, 2.45) is 0 Å². The molecule has 0 N–H and O–H groups in total. The maximum atomic E-state index is 6.27. The van der Waals surface area contributed by atoms with Crippen molar-refractivity contribution in [3.05, 3.63) is 115 Å². The number of rotatable bonds is 6. The molecule has 42 heavy (non-hydrogen) atoms. The molecule has 4 aromatic heterocycles. The first kappa shape index (κ1) is 27.6. The van der Waals surface area contributed by atoms with Crippen LogP contribution in [0.25, 0.3) is 38.8 Å². The van der Waals surface area contributed by atoms with Crippen molar-refractivity contribution in [2.75, 3.05) is 0 Å². The second kappa shape index (κ2) is 11.3. The molecule has 0 atom stereocenters. The summed E-state index contributed by atoms with van der Waals surface area (Å²) in [6.45, 7) is 6.28. The number of fused-ring (bicyclic) bond motifs is 6. The van der Waals surface area contributed by atoms with Gasteiger partial charge in [0.05, 0.1) is 11.4 Å². The quantitative estimate of drug-likeness (QED) is 0.127. The summed E-state index contributed by atoms with van der Waals surface area (Å²) >= 11 is 0. The average molecular weight is 731 g/mol. The second-order valence-corrected chi connectivity index (χ2v) is 10.1. The molecule has 7 rings (SSSR count). The van der Waals surface area contributed by atoms with Crippen LogP contribution in [0.15, 0.2) is 91.1 Å². The number of aromatic nitrogens is 5. The van der Waals surface area contributed by atoms with Crippen molar-refractivity contribution in [2.45, 2.75) is 26.7 Å². The first-order chi connectivity index (χ1) is 20.1. The van der Waals surface area contributed by atoms with Crippen LogP contribution in [0.3, 0.4) is 0 Å². The Morgan fingerprint density at radius 3 is 2.36 bits per heavy atom. The number of ether oxygens (including phenoxy) is 2. The first-order valence-electron chi connectivity index (χ1n) is 13.4. The van der Waals surface area contributed by atoms with E-state index in [2.05, 4.69) is 70.8 Å². The molecule has 208 valence electrons. The third-order valence-electron chi connectivity index (χ3n) is 7.00. The first-order valence-corrected chi connectivity index (χ1v) is 13.4. The van der Waals surface area contributed by atoms with Crippen molar-refractivity contribution >= 4 is 27.5 Å². The Kier molecular flexibility index (Phi) is 7.44. The van der Waals surface area contributed by atoms with Gasteiger partial charge in [-0.1, -0.05) is 86.8 Å². The summed E-state index contributed by atoms with van der Waals surface area (Å²) in [6.07, 6.45) is 1.68. The Morgan fingerprint density at radius 1 is 0.786 bits per heavy atom. The largest absolute Gasteiger partial charge is 2.00 e. The number of benzene rings is 3. The van der Waals surface area contributed by atoms with Crippen molar-refractivity contribution in [1.82, 2.24) is 24.6 Å². The summed E-state index contributed by atoms with van der Waals surface area (Å²) in [4.78, 5) is 9.19. The van der Waals surface area contributed by atoms with Gasteiger partial charge in [0.1, 0.15) is 0 Å². The van der Waals surface area contributed by atoms with E-state index in [4.69, 9.17) is 19.6 Å². The van der Waals surface area contributed by atoms with E-state index in [-0.39, 0.29) is 21.1 Å². The Labute approximate surface area is 257 Å². The minimum Gasteiger partial charge on any atom is -0.501 e. The Morgan fingerprint density at radius 2 is 1.55 bits per heavy atom. The summed E-state index contributed by atoms with van der Waals surface area (Å²) < 4.78 is 14.2. The standard InChI is InChI=1S/C34H25N5O2.Pt/c1-21(2)25-13-4-5-14-26(25)33-37-38-34-28-20-30(22(3)36-32(28)27-15-6-7-16-29(27)39(33)34)40-23-11-10-12-24(19-23)41-31-17-8-9-18-35-31;/h4-18,21H,1-3H3;/q-2;+2. The van der Waals surface area contributed by atoms with Gasteiger partial charge in [0.15, 0.2) is 5.82 Å². The van der Waals surface area contributed by atoms with Gasteiger partial charge in [-0.25, -0.2) is 4.98 Å². The Bertz CT molecular complexity index is 2060. The van der Waals surface area contributed by atoms with Crippen molar-refractivity contribution in [3.63, 3.8) is 0 Å². The minimum absolute atomic E-state index is 0. The fourth-order valence-corrected chi connectivity index (χ4v) is 5.09. The molecule has 0 aliphatic heterocycles. The number of para-hydroxylation sites is 1. The molecule has 0 unspecified atom stereocenters. The molecule has 8 heteroatoms. The maximum absolute atomic E-state index is 6.27. The van der Waals surface area contributed by atoms with Crippen LogP contribution in [0, 0.1) is 19.1 Å². The van der Waals surface area contributed by atoms with E-state index in [9.17, 15) is 0 Å². The van der Waals surface area contributed by atoms with Crippen molar-refractivity contribution in [3.8, 4) is 34.5 Å². The van der Waals surface area contributed by atoms with Crippen molar-refractivity contribution in [1.29, 1.82) is 0 Å². The molecule has 7 aromatic rings. The zero-order chi connectivity index (χ0) is 27.9. The van der Waals surface area contributed by atoms with Crippen LogP contribution in [0.2, 0.25) is 0 Å². The van der Waals surface area contributed by atoms with Gasteiger partial charge < -0.3 is 18.9 Å². The molecular formula is C34H25N5O2Pt. The number of hydrogen-bond acceptors (Lipinski definition) is 6. The summed E-state index contributed by atoms with van der Waals surface area (Å²) in [5.41, 5.74) is 5.40. The van der Waals surface area contributed by atoms with E-state index in [1.165, 1.54) is 5.56 Å². The van der Waals surface area contributed by atoms with Gasteiger partial charge in [0.2, 0.25) is 5.88 Å². The molecular weight excluding hydrogens is 705 g/mol. The fourth-order valence-electron chi connectivity index (χ4n) is 5.09. The number of aryl methyl sites for hydroxylation is 1. The van der Waals surface area contributed by atoms with Crippen LogP contribution in [0.5, 0.6) is 23.1 Å². The molecule has 0 radical (unpaired) electrons. The molecule has 0 saturated carbocycles. The van der Waals surface area contributed by atoms with Crippen LogP contribution in [-0.4, -0.2) is 24.6 Å². The van der Waals surface area contributed by atoms with Crippen molar-refractivity contribution < 1.29 is 30.5 Å². The van der Waals surface area contributed by atoms with Crippen LogP contribution in [0.4, 0.5) is 0 Å². The normalized spacial score (nSPS) is 11.2. The third kappa shape index (κ3) is 4.90. The molecule has 0 saturated heterocycles. The van der Waals surface area contributed by atoms with Gasteiger partial charge in [-0.05, 0) is 40.2 Å². The van der Waals surface area contributed by atoms with E-state index in [1.54, 1.807) is 18.3 Å². The number of hydrogen-bond donors (Lipinski definition) is 0. The zero-order valence-corrected chi connectivity index (χ0v) is 25.4. The topological polar surface area (TPSA) is 74.4 Å². The maximum Gasteiger partial charge on any atom is 2.00 e. The van der Waals surface area contributed by atoms with Gasteiger partial charge in [-0.15, -0.1) is 17.2 Å². The number of nitrogens with zero attached hydrogens (tertiary/aromatic N) is 5. The molecule has 0 spiro atoms. The van der Waals surface area contributed by atoms with E-state index in [0.717, 1.165) is 33.2 Å². The van der Waals surface area contributed by atoms with Crippen LogP contribution >= 0.6 is 0 Å². The van der Waals surface area contributed by atoms with Gasteiger partial charge in [-0.2, -0.15) is 11.2 Å². The van der Waals surface area contributed by atoms with Gasteiger partial charge in [-0.3, -0.25) is 0 Å². The van der Waals surface area contributed by atoms with Crippen LogP contribution in [0.1, 0.15) is 31.0 Å². The predicted octanol–water partition coefficient (Wildman–Crippen LogP) is 8.11. The predicted molar refractivity (Wildman–Crippen MR) is 159 cm³/mol. The summed E-state index contributed by atoms with van der Waals surface area (Å²) in [5, 5.41) is 11.1. The van der Waals surface area contributed by atoms with E-state index >= 15 is 0 Å². The summed E-state index contributed by atoms with van der Waals surface area (Å²) in [5.74, 6) is 3.04. The minimum atomic E-state index is 0. The Hall–Kier alpha value is -4.61. The van der Waals surface area contributed by atoms with E-state index in [0.29, 0.717) is 40.4 Å². The summed E-state index contributed by atoms with van der Waals surface area (Å²) in [6, 6.07) is 34.1. The van der Waals surface area contributed by atoms with Crippen LogP contribution < -0.4 is 9.47 Å². The fraction of sp³-hybridized carbons (Fsp3) is 0.118. The SMILES string of the molecule is Cc1nc2c([c-]c1Oc1[c-]c(Oc3ccccn3)ccc1)c1nnc(-c3ccccc3C(C)C)n1c1ccccc21.[Pt+2]. The second-order valence-electron chi connectivity index (χ2n) is 10.1. The number of pyridine rings is 3. The third-order valence-corrected chi connectivity index (χ3v) is 7.00. The van der Waals surface area contributed by atoms with Crippen LogP contribution in [-0.2, 0) is 21.1 Å². The van der Waals surface area contributed by atoms with E-state index in [1.807, 2.05) is 49.4 Å². The molecule has 0 amide bonds. The molecule has 3 aromatic carbocycles. The molecule has 0 aliphatic rings. The van der Waals surface area contributed by atoms with Gasteiger partial charge >= 0.3 is 21.1 Å². The smallest absolute Gasteiger partial charge is 0.501 e. The molecule has 0 bridgehead atoms. The molecule has 0 aliphatic carbocycles.